The van der Waals surface area contributed by atoms with Crippen molar-refractivity contribution in [3.05, 3.63) is 0 Å². The van der Waals surface area contributed by atoms with Crippen LogP contribution in [0.15, 0.2) is 0 Å². The lowest BCUT2D eigenvalue weighted by Gasteiger charge is -2.36. The summed E-state index contributed by atoms with van der Waals surface area (Å²) in [5.41, 5.74) is 0. The van der Waals surface area contributed by atoms with Gasteiger partial charge in [0.25, 0.3) is 10.2 Å². The molecule has 0 aromatic rings. The standard InChI is InChI=1S/C11H22N4O4S/c12-20(17,18)14-6-9-2-1-4-15(7-9)11(16)10-8-19-5-3-13-10/h9-10,13-14H,1-8H2,(H2,12,17,18). The summed E-state index contributed by atoms with van der Waals surface area (Å²) < 4.78 is 29.4. The highest BCUT2D eigenvalue weighted by atomic mass is 32.2. The van der Waals surface area contributed by atoms with E-state index in [1.54, 1.807) is 4.90 Å². The quantitative estimate of drug-likeness (QED) is 0.556. The van der Waals surface area contributed by atoms with E-state index in [0.717, 1.165) is 12.8 Å². The molecule has 2 fully saturated rings. The number of rotatable bonds is 4. The molecule has 0 radical (unpaired) electrons. The summed E-state index contributed by atoms with van der Waals surface area (Å²) in [6, 6.07) is -0.284. The van der Waals surface area contributed by atoms with Crippen LogP contribution in [0.2, 0.25) is 0 Å². The number of nitrogens with two attached hydrogens (primary N) is 1. The summed E-state index contributed by atoms with van der Waals surface area (Å²) in [7, 11) is -3.67. The molecule has 0 aromatic carbocycles. The highest BCUT2D eigenvalue weighted by Gasteiger charge is 2.30. The van der Waals surface area contributed by atoms with E-state index in [2.05, 4.69) is 10.0 Å². The molecule has 2 saturated heterocycles. The van der Waals surface area contributed by atoms with E-state index in [9.17, 15) is 13.2 Å². The van der Waals surface area contributed by atoms with E-state index in [1.165, 1.54) is 0 Å². The van der Waals surface area contributed by atoms with Crippen molar-refractivity contribution in [2.45, 2.75) is 18.9 Å². The second kappa shape index (κ2) is 6.81. The van der Waals surface area contributed by atoms with Crippen molar-refractivity contribution >= 4 is 16.1 Å². The summed E-state index contributed by atoms with van der Waals surface area (Å²) in [5.74, 6) is 0.139. The predicted molar refractivity (Wildman–Crippen MR) is 73.0 cm³/mol. The first-order chi connectivity index (χ1) is 9.46. The van der Waals surface area contributed by atoms with Crippen molar-refractivity contribution in [1.82, 2.24) is 14.9 Å². The number of ether oxygens (including phenoxy) is 1. The molecule has 20 heavy (non-hydrogen) atoms. The molecular weight excluding hydrogens is 284 g/mol. The SMILES string of the molecule is NS(=O)(=O)NCC1CCCN(C(=O)C2COCCN2)C1. The van der Waals surface area contributed by atoms with Crippen molar-refractivity contribution < 1.29 is 17.9 Å². The van der Waals surface area contributed by atoms with E-state index in [1.807, 2.05) is 0 Å². The van der Waals surface area contributed by atoms with Gasteiger partial charge in [-0.3, -0.25) is 4.79 Å². The van der Waals surface area contributed by atoms with Crippen molar-refractivity contribution in [2.75, 3.05) is 39.4 Å². The van der Waals surface area contributed by atoms with Gasteiger partial charge in [0.05, 0.1) is 13.2 Å². The molecule has 2 aliphatic rings. The third-order valence-electron chi connectivity index (χ3n) is 3.62. The molecule has 4 N–H and O–H groups in total. The molecular formula is C11H22N4O4S. The lowest BCUT2D eigenvalue weighted by atomic mass is 9.97. The van der Waals surface area contributed by atoms with Gasteiger partial charge in [0, 0.05) is 26.2 Å². The average molecular weight is 306 g/mol. The van der Waals surface area contributed by atoms with Gasteiger partial charge in [-0.15, -0.1) is 0 Å². The molecule has 9 heteroatoms. The van der Waals surface area contributed by atoms with E-state index in [-0.39, 0.29) is 24.4 Å². The van der Waals surface area contributed by atoms with Gasteiger partial charge in [-0.25, -0.2) is 9.86 Å². The predicted octanol–water partition coefficient (Wildman–Crippen LogP) is -1.99. The van der Waals surface area contributed by atoms with Crippen LogP contribution in [0.4, 0.5) is 0 Å². The largest absolute Gasteiger partial charge is 0.378 e. The van der Waals surface area contributed by atoms with E-state index >= 15 is 0 Å². The summed E-state index contributed by atoms with van der Waals surface area (Å²) in [6.07, 6.45) is 1.76. The summed E-state index contributed by atoms with van der Waals surface area (Å²) in [5, 5.41) is 8.06. The summed E-state index contributed by atoms with van der Waals surface area (Å²) >= 11 is 0. The zero-order valence-electron chi connectivity index (χ0n) is 11.4. The van der Waals surface area contributed by atoms with Crippen LogP contribution in [-0.4, -0.2) is 64.7 Å². The Labute approximate surface area is 119 Å². The van der Waals surface area contributed by atoms with Crippen molar-refractivity contribution in [3.63, 3.8) is 0 Å². The van der Waals surface area contributed by atoms with Crippen LogP contribution in [-0.2, 0) is 19.7 Å². The average Bonchev–Trinajstić information content (AvgIpc) is 2.45. The molecule has 116 valence electrons. The van der Waals surface area contributed by atoms with Crippen LogP contribution < -0.4 is 15.2 Å². The van der Waals surface area contributed by atoms with Crippen LogP contribution in [0.5, 0.6) is 0 Å². The Kier molecular flexibility index (Phi) is 5.33. The monoisotopic (exact) mass is 306 g/mol. The smallest absolute Gasteiger partial charge is 0.274 e. The van der Waals surface area contributed by atoms with E-state index in [0.29, 0.717) is 32.8 Å². The van der Waals surface area contributed by atoms with Gasteiger partial charge in [0.2, 0.25) is 5.91 Å². The number of nitrogens with zero attached hydrogens (tertiary/aromatic N) is 1. The fourth-order valence-corrected chi connectivity index (χ4v) is 3.08. The molecule has 8 nitrogen and oxygen atoms in total. The van der Waals surface area contributed by atoms with E-state index in [4.69, 9.17) is 9.88 Å². The minimum absolute atomic E-state index is 0.0324. The van der Waals surface area contributed by atoms with Crippen molar-refractivity contribution in [2.24, 2.45) is 11.1 Å². The normalized spacial score (nSPS) is 28.4. The molecule has 0 spiro atoms. The van der Waals surface area contributed by atoms with Crippen LogP contribution in [0.3, 0.4) is 0 Å². The fourth-order valence-electron chi connectivity index (χ4n) is 2.61. The van der Waals surface area contributed by atoms with Gasteiger partial charge >= 0.3 is 0 Å². The maximum Gasteiger partial charge on any atom is 0.274 e. The molecule has 0 bridgehead atoms. The first-order valence-electron chi connectivity index (χ1n) is 6.83. The van der Waals surface area contributed by atoms with E-state index < -0.39 is 10.2 Å². The topological polar surface area (TPSA) is 114 Å². The molecule has 0 aromatic heterocycles. The highest BCUT2D eigenvalue weighted by Crippen LogP contribution is 2.17. The van der Waals surface area contributed by atoms with Crippen LogP contribution in [0.1, 0.15) is 12.8 Å². The molecule has 0 aliphatic carbocycles. The molecule has 0 saturated carbocycles. The maximum atomic E-state index is 12.3. The number of likely N-dealkylation sites (tertiary alicyclic amines) is 1. The van der Waals surface area contributed by atoms with Crippen molar-refractivity contribution in [1.29, 1.82) is 0 Å². The molecule has 2 atom stereocenters. The first kappa shape index (κ1) is 15.6. The minimum atomic E-state index is -3.67. The van der Waals surface area contributed by atoms with Crippen molar-refractivity contribution in [3.8, 4) is 0 Å². The Balaban J connectivity index is 1.84. The summed E-state index contributed by atoms with van der Waals surface area (Å²) in [4.78, 5) is 14.1. The second-order valence-electron chi connectivity index (χ2n) is 5.27. The van der Waals surface area contributed by atoms with Gasteiger partial charge in [0.1, 0.15) is 6.04 Å². The maximum absolute atomic E-state index is 12.3. The Morgan fingerprint density at radius 1 is 1.50 bits per heavy atom. The minimum Gasteiger partial charge on any atom is -0.378 e. The van der Waals surface area contributed by atoms with Gasteiger partial charge in [-0.1, -0.05) is 0 Å². The van der Waals surface area contributed by atoms with Crippen LogP contribution in [0, 0.1) is 5.92 Å². The van der Waals surface area contributed by atoms with Gasteiger partial charge < -0.3 is 15.0 Å². The third-order valence-corrected chi connectivity index (χ3v) is 4.19. The number of hydrogen-bond donors (Lipinski definition) is 3. The molecule has 2 aliphatic heterocycles. The Morgan fingerprint density at radius 2 is 2.30 bits per heavy atom. The van der Waals surface area contributed by atoms with Crippen LogP contribution in [0.25, 0.3) is 0 Å². The molecule has 1 amide bonds. The van der Waals surface area contributed by atoms with Gasteiger partial charge in [-0.05, 0) is 18.8 Å². The van der Waals surface area contributed by atoms with Gasteiger partial charge in [0.15, 0.2) is 0 Å². The Morgan fingerprint density at radius 3 is 2.95 bits per heavy atom. The Bertz CT molecular complexity index is 436. The lowest BCUT2D eigenvalue weighted by Crippen LogP contribution is -2.55. The zero-order chi connectivity index (χ0) is 14.6. The zero-order valence-corrected chi connectivity index (χ0v) is 12.2. The number of amides is 1. The summed E-state index contributed by atoms with van der Waals surface area (Å²) in [6.45, 7) is 3.25. The highest BCUT2D eigenvalue weighted by molar-refractivity contribution is 7.87. The first-order valence-corrected chi connectivity index (χ1v) is 8.37. The number of carbonyl (C=O) groups excluding carboxylic acids is 1. The Hall–Kier alpha value is -0.740. The number of nitrogens with one attached hydrogen (secondary N) is 2. The lowest BCUT2D eigenvalue weighted by molar-refractivity contribution is -0.138. The number of morpholine rings is 1. The van der Waals surface area contributed by atoms with Crippen LogP contribution >= 0.6 is 0 Å². The number of carbonyl (C=O) groups is 1. The second-order valence-corrected chi connectivity index (χ2v) is 6.65. The number of piperidine rings is 1. The fraction of sp³-hybridized carbons (Fsp3) is 0.909. The molecule has 2 unspecified atom stereocenters. The number of hydrogen-bond acceptors (Lipinski definition) is 5. The van der Waals surface area contributed by atoms with Gasteiger partial charge in [-0.2, -0.15) is 8.42 Å². The third kappa shape index (κ3) is 4.67. The molecule has 2 rings (SSSR count). The molecule has 2 heterocycles.